The summed E-state index contributed by atoms with van der Waals surface area (Å²) in [6, 6.07) is 139. The number of nitrogens with zero attached hydrogens (tertiary/aromatic N) is 5. The molecule has 3 aliphatic heterocycles. The number of benzene rings is 17. The van der Waals surface area contributed by atoms with Crippen molar-refractivity contribution in [2.24, 2.45) is 0 Å². The number of hydrogen-bond donors (Lipinski definition) is 0. The van der Waals surface area contributed by atoms with Gasteiger partial charge in [-0.3, -0.25) is 0 Å². The molecule has 17 aromatic carbocycles. The van der Waals surface area contributed by atoms with Gasteiger partial charge >= 0.3 is 0 Å². The van der Waals surface area contributed by atoms with Crippen LogP contribution in [0, 0.1) is 20.8 Å². The number of rotatable bonds is 5. The molecule has 0 radical (unpaired) electrons. The fourth-order valence-corrected chi connectivity index (χ4v) is 22.9. The number of para-hydroxylation sites is 6. The molecule has 5 aromatic heterocycles. The van der Waals surface area contributed by atoms with Crippen molar-refractivity contribution in [3.63, 3.8) is 0 Å². The van der Waals surface area contributed by atoms with Gasteiger partial charge in [0.05, 0.1) is 77.5 Å². The maximum Gasteiger partial charge on any atom is 0.214 e. The first-order valence-electron chi connectivity index (χ1n) is 45.1. The van der Waals surface area contributed by atoms with Crippen LogP contribution in [0.4, 0.5) is 17.1 Å². The van der Waals surface area contributed by atoms with Gasteiger partial charge in [-0.25, -0.2) is 0 Å². The van der Waals surface area contributed by atoms with Crippen molar-refractivity contribution in [1.82, 2.24) is 4.40 Å². The van der Waals surface area contributed by atoms with Crippen LogP contribution >= 0.6 is 0 Å². The lowest BCUT2D eigenvalue weighted by molar-refractivity contribution is -0.605. The Hall–Kier alpha value is -15.2. The highest BCUT2D eigenvalue weighted by atomic mass is 15.1. The van der Waals surface area contributed by atoms with Gasteiger partial charge in [0.25, 0.3) is 0 Å². The minimum absolute atomic E-state index is 0.151. The molecule has 0 N–H and O–H groups in total. The molecular weight excluding hydrogens is 1540 g/mol. The average molecular weight is 1630 g/mol. The molecule has 5 nitrogen and oxygen atoms in total. The highest BCUT2D eigenvalue weighted by Gasteiger charge is 2.42. The molecule has 127 heavy (non-hydrogen) atoms. The maximum absolute atomic E-state index is 2.54. The predicted molar refractivity (Wildman–Crippen MR) is 527 cm³/mol. The van der Waals surface area contributed by atoms with Crippen LogP contribution in [0.2, 0.25) is 0 Å². The van der Waals surface area contributed by atoms with Gasteiger partial charge in [-0.15, -0.1) is 0 Å². The number of aryl methyl sites for hydroxylation is 3. The average Bonchev–Trinajstić information content (AvgIpc) is 1.39. The highest BCUT2D eigenvalue weighted by Crippen LogP contribution is 2.54. The molecule has 0 atom stereocenters. The van der Waals surface area contributed by atoms with E-state index < -0.39 is 0 Å². The lowest BCUT2D eigenvalue weighted by atomic mass is 9.85. The van der Waals surface area contributed by atoms with Crippen molar-refractivity contribution >= 4 is 98.2 Å². The minimum Gasteiger partial charge on any atom is -0.309 e. The van der Waals surface area contributed by atoms with E-state index in [2.05, 4.69) is 441 Å². The Morgan fingerprint density at radius 3 is 1.17 bits per heavy atom. The van der Waals surface area contributed by atoms with Gasteiger partial charge in [0.2, 0.25) is 17.1 Å². The van der Waals surface area contributed by atoms with Crippen LogP contribution in [0.25, 0.3) is 154 Å². The van der Waals surface area contributed by atoms with Crippen LogP contribution in [-0.2, 0) is 43.9 Å². The van der Waals surface area contributed by atoms with E-state index >= 15 is 0 Å². The molecule has 0 unspecified atom stereocenters. The van der Waals surface area contributed by atoms with Gasteiger partial charge in [-0.05, 0) is 204 Å². The Bertz CT molecular complexity index is 8330. The molecule has 6 aliphatic rings. The Labute approximate surface area is 740 Å². The molecule has 5 heteroatoms. The molecule has 0 bridgehead atoms. The van der Waals surface area contributed by atoms with Crippen LogP contribution in [0.1, 0.15) is 111 Å². The first-order chi connectivity index (χ1) is 62.4. The summed E-state index contributed by atoms with van der Waals surface area (Å²) in [7, 11) is 0. The zero-order valence-corrected chi connectivity index (χ0v) is 72.3. The lowest BCUT2D eigenvalue weighted by Crippen LogP contribution is -2.36. The van der Waals surface area contributed by atoms with Gasteiger partial charge < -0.3 is 9.30 Å². The smallest absolute Gasteiger partial charge is 0.214 e. The second-order valence-corrected chi connectivity index (χ2v) is 36.9. The molecule has 0 fully saturated rings. The monoisotopic (exact) mass is 1630 g/mol. The van der Waals surface area contributed by atoms with E-state index in [-0.39, 0.29) is 5.41 Å². The van der Waals surface area contributed by atoms with E-state index in [0.717, 1.165) is 38.5 Å². The molecular formula is C122H92N5+3. The number of hydrogen-bond acceptors (Lipinski definition) is 1. The summed E-state index contributed by atoms with van der Waals surface area (Å²) in [4.78, 5) is 2.45. The summed E-state index contributed by atoms with van der Waals surface area (Å²) in [5, 5.41) is 15.9. The van der Waals surface area contributed by atoms with Crippen molar-refractivity contribution in [3.8, 4) is 72.7 Å². The molecule has 0 spiro atoms. The van der Waals surface area contributed by atoms with Crippen molar-refractivity contribution in [3.05, 3.63) is 466 Å². The standard InChI is InChI=1S/C35H25N2.C32H26N.C29H20N.C26H21N/c1-3-13-27(14-4-1)36(28-15-5-2-6-16-28)35-30-17-9-7-11-24(30)21-26-23-33-31(34(26)35)20-19-29-22-25-12-8-10-18-32(25)37(29)33;1-19-14-20(2)30(21(3)15-19)32-26-10-6-4-8-22(26)16-24-18-29-27(31(24)32)13-12-25-17-23-9-5-7-11-28(23)33(25)29;1-2-8-19(9-3-1)28-24-12-6-4-10-20(24)16-22-18-27-25(29(22)28)15-14-23-17-21-11-5-7-13-26(21)30(23)27;1-26(2,3)18-11-12-23-22(15-18)20-10-6-9-19-21-13-16-7-4-5-8-17(16)14-24(21)27(23)25(19)20/h1-21H,22-23H2;4-16H,17-18H2,1-3H3;1-16H,17-18H2;4-15H,1-3H3/q3*+1;. The van der Waals surface area contributed by atoms with E-state index in [1.165, 1.54) is 261 Å². The van der Waals surface area contributed by atoms with Crippen LogP contribution in [0.15, 0.2) is 376 Å². The van der Waals surface area contributed by atoms with E-state index in [1.54, 1.807) is 0 Å². The summed E-state index contributed by atoms with van der Waals surface area (Å²) in [5.41, 5.74) is 47.9. The summed E-state index contributed by atoms with van der Waals surface area (Å²) in [6.45, 7) is 13.6. The second kappa shape index (κ2) is 29.0. The molecule has 28 rings (SSSR count). The fraction of sp³-hybridized carbons (Fsp3) is 0.107. The zero-order valence-electron chi connectivity index (χ0n) is 72.3. The van der Waals surface area contributed by atoms with Crippen LogP contribution in [-0.4, -0.2) is 4.40 Å². The fourth-order valence-electron chi connectivity index (χ4n) is 22.9. The van der Waals surface area contributed by atoms with Gasteiger partial charge in [0.1, 0.15) is 0 Å². The molecule has 8 heterocycles. The number of aromatic nitrogens is 4. The Balaban J connectivity index is 0.0000000926. The molecule has 3 aliphatic carbocycles. The molecule has 0 amide bonds. The quantitative estimate of drug-likeness (QED) is 0.157. The van der Waals surface area contributed by atoms with Crippen molar-refractivity contribution in [2.75, 3.05) is 4.90 Å². The Morgan fingerprint density at radius 2 is 0.661 bits per heavy atom. The molecule has 0 saturated carbocycles. The van der Waals surface area contributed by atoms with Crippen LogP contribution < -0.4 is 18.6 Å². The highest BCUT2D eigenvalue weighted by molar-refractivity contribution is 6.25. The zero-order chi connectivity index (χ0) is 84.6. The first-order valence-corrected chi connectivity index (χ1v) is 45.1. The summed E-state index contributed by atoms with van der Waals surface area (Å²) in [6.07, 6.45) is 5.93. The third kappa shape index (κ3) is 11.8. The number of anilines is 3. The summed E-state index contributed by atoms with van der Waals surface area (Å²) < 4.78 is 10.0. The number of fused-ring (bicyclic) bond motifs is 31. The van der Waals surface area contributed by atoms with E-state index in [1.807, 2.05) is 0 Å². The summed E-state index contributed by atoms with van der Waals surface area (Å²) in [5.74, 6) is 0. The van der Waals surface area contributed by atoms with Crippen molar-refractivity contribution < 1.29 is 13.7 Å². The minimum atomic E-state index is 0.151. The van der Waals surface area contributed by atoms with E-state index in [0.29, 0.717) is 0 Å². The van der Waals surface area contributed by atoms with E-state index in [4.69, 9.17) is 0 Å². The van der Waals surface area contributed by atoms with E-state index in [9.17, 15) is 0 Å². The molecule has 0 saturated heterocycles. The van der Waals surface area contributed by atoms with Gasteiger partial charge in [-0.2, -0.15) is 13.7 Å². The Kier molecular flexibility index (Phi) is 17.0. The maximum atomic E-state index is 2.54. The third-order valence-electron chi connectivity index (χ3n) is 28.3. The predicted octanol–water partition coefficient (Wildman–Crippen LogP) is 28.8. The molecule has 22 aromatic rings. The van der Waals surface area contributed by atoms with Crippen LogP contribution in [0.3, 0.4) is 0 Å². The van der Waals surface area contributed by atoms with Crippen LogP contribution in [0.5, 0.6) is 0 Å². The van der Waals surface area contributed by atoms with Crippen molar-refractivity contribution in [1.29, 1.82) is 0 Å². The third-order valence-corrected chi connectivity index (χ3v) is 28.3. The second-order valence-electron chi connectivity index (χ2n) is 36.9. The SMILES string of the molecule is CC(C)(C)c1ccc2c(c1)c1cccc3c4cc5ccccc5cc4n2c13.Cc1cc(C)c(-c2c3c(cc4ccccc24)Cc2c-3ccc3[n+]2-c2ccccc2C3)c(C)c1.c1ccc(-c2c3c(cc4ccccc24)Cc2c-3ccc3[n+]2-c2ccccc2C3)cc1.c1ccc(N(c2ccccc2)c2c3c(cc4ccccc24)Cc2c-3ccc3[n+]2-c2ccccc2C3)cc1. The van der Waals surface area contributed by atoms with Gasteiger partial charge in [0, 0.05) is 108 Å². The van der Waals surface area contributed by atoms with Crippen molar-refractivity contribution in [2.45, 2.75) is 85.5 Å². The summed E-state index contributed by atoms with van der Waals surface area (Å²) >= 11 is 0. The Morgan fingerprint density at radius 1 is 0.268 bits per heavy atom. The van der Waals surface area contributed by atoms with Gasteiger partial charge in [0.15, 0.2) is 34.2 Å². The first kappa shape index (κ1) is 74.5. The van der Waals surface area contributed by atoms with Gasteiger partial charge in [-0.1, -0.05) is 281 Å². The topological polar surface area (TPSA) is 19.3 Å². The lowest BCUT2D eigenvalue weighted by Gasteiger charge is -2.29. The normalized spacial score (nSPS) is 12.9. The number of pyridine rings is 3. The molecule has 602 valence electrons. The largest absolute Gasteiger partial charge is 0.309 e.